The predicted molar refractivity (Wildman–Crippen MR) is 101 cm³/mol. The van der Waals surface area contributed by atoms with E-state index in [0.29, 0.717) is 16.5 Å². The molecule has 1 aliphatic heterocycles. The summed E-state index contributed by atoms with van der Waals surface area (Å²) in [5.74, 6) is -2.32. The van der Waals surface area contributed by atoms with Crippen molar-refractivity contribution in [3.8, 4) is 0 Å². The van der Waals surface area contributed by atoms with E-state index in [1.54, 1.807) is 19.9 Å². The van der Waals surface area contributed by atoms with E-state index in [4.69, 9.17) is 5.11 Å². The third kappa shape index (κ3) is 4.81. The number of halogens is 2. The van der Waals surface area contributed by atoms with Crippen LogP contribution in [0.1, 0.15) is 46.1 Å². The fraction of sp³-hybridized carbons (Fsp3) is 0.500. The number of carboxylic acid groups (broad SMARTS) is 1. The molecule has 0 radical (unpaired) electrons. The zero-order chi connectivity index (χ0) is 20.1. The molecule has 1 aliphatic rings. The van der Waals surface area contributed by atoms with Crippen molar-refractivity contribution >= 4 is 39.4 Å². The van der Waals surface area contributed by atoms with Crippen LogP contribution >= 0.6 is 15.9 Å². The van der Waals surface area contributed by atoms with Crippen LogP contribution in [0.4, 0.5) is 10.1 Å². The largest absolute Gasteiger partial charge is 0.481 e. The summed E-state index contributed by atoms with van der Waals surface area (Å²) in [6.07, 6.45) is 0.236. The van der Waals surface area contributed by atoms with Gasteiger partial charge in [-0.15, -0.1) is 0 Å². The predicted octanol–water partition coefficient (Wildman–Crippen LogP) is 3.22. The minimum Gasteiger partial charge on any atom is -0.481 e. The molecule has 2 amide bonds. The van der Waals surface area contributed by atoms with Crippen molar-refractivity contribution in [1.29, 1.82) is 0 Å². The summed E-state index contributed by atoms with van der Waals surface area (Å²) in [6.45, 7) is 7.25. The highest BCUT2D eigenvalue weighted by Crippen LogP contribution is 2.44. The number of carboxylic acids is 1. The number of benzene rings is 1. The van der Waals surface area contributed by atoms with Crippen molar-refractivity contribution in [2.45, 2.75) is 46.0 Å². The van der Waals surface area contributed by atoms with Gasteiger partial charge in [-0.05, 0) is 38.0 Å². The smallest absolute Gasteiger partial charge is 0.303 e. The van der Waals surface area contributed by atoms with Gasteiger partial charge in [0.15, 0.2) is 0 Å². The van der Waals surface area contributed by atoms with Crippen LogP contribution in [-0.2, 0) is 19.8 Å². The molecule has 0 aliphatic carbocycles. The van der Waals surface area contributed by atoms with Gasteiger partial charge >= 0.3 is 5.97 Å². The molecule has 0 atom stereocenters. The molecular weight excluding hydrogens is 407 g/mol. The maximum absolute atomic E-state index is 14.3. The Morgan fingerprint density at radius 1 is 1.31 bits per heavy atom. The topological polar surface area (TPSA) is 86.7 Å². The SMILES string of the molecule is CC.CC1(C)C(=O)N(CC(=O)NCCCC(=O)O)c2c(F)cc(Br)cc21. The molecule has 0 saturated carbocycles. The molecule has 6 nitrogen and oxygen atoms in total. The fourth-order valence-electron chi connectivity index (χ4n) is 2.69. The molecule has 0 fully saturated rings. The zero-order valence-corrected chi connectivity index (χ0v) is 16.9. The van der Waals surface area contributed by atoms with Crippen LogP contribution in [0.15, 0.2) is 16.6 Å². The Kier molecular flexibility index (Phi) is 7.74. The molecule has 0 saturated heterocycles. The summed E-state index contributed by atoms with van der Waals surface area (Å²) in [5, 5.41) is 11.1. The Labute approximate surface area is 160 Å². The Morgan fingerprint density at radius 3 is 2.50 bits per heavy atom. The second kappa shape index (κ2) is 9.12. The van der Waals surface area contributed by atoms with Crippen LogP contribution in [0.25, 0.3) is 0 Å². The highest BCUT2D eigenvalue weighted by atomic mass is 79.9. The van der Waals surface area contributed by atoms with Gasteiger partial charge in [-0.1, -0.05) is 29.8 Å². The highest BCUT2D eigenvalue weighted by Gasteiger charge is 2.46. The molecule has 2 rings (SSSR count). The van der Waals surface area contributed by atoms with Crippen molar-refractivity contribution in [3.05, 3.63) is 28.0 Å². The second-order valence-corrected chi connectivity index (χ2v) is 7.06. The number of rotatable bonds is 6. The van der Waals surface area contributed by atoms with Crippen LogP contribution in [-0.4, -0.2) is 36.0 Å². The number of nitrogens with one attached hydrogen (secondary N) is 1. The average Bonchev–Trinajstić information content (AvgIpc) is 2.74. The van der Waals surface area contributed by atoms with Gasteiger partial charge < -0.3 is 10.4 Å². The quantitative estimate of drug-likeness (QED) is 0.678. The molecule has 0 bridgehead atoms. The molecule has 1 heterocycles. The van der Waals surface area contributed by atoms with Gasteiger partial charge in [-0.3, -0.25) is 19.3 Å². The first-order chi connectivity index (χ1) is 12.1. The Morgan fingerprint density at radius 2 is 1.92 bits per heavy atom. The maximum Gasteiger partial charge on any atom is 0.303 e. The zero-order valence-electron chi connectivity index (χ0n) is 15.4. The van der Waals surface area contributed by atoms with E-state index in [9.17, 15) is 18.8 Å². The number of fused-ring (bicyclic) bond motifs is 1. The third-order valence-electron chi connectivity index (χ3n) is 3.94. The van der Waals surface area contributed by atoms with Crippen LogP contribution in [0.2, 0.25) is 0 Å². The normalized spacial score (nSPS) is 14.4. The third-order valence-corrected chi connectivity index (χ3v) is 4.40. The number of hydrogen-bond donors (Lipinski definition) is 2. The molecule has 0 unspecified atom stereocenters. The van der Waals surface area contributed by atoms with Crippen molar-refractivity contribution in [3.63, 3.8) is 0 Å². The number of nitrogens with zero attached hydrogens (tertiary/aromatic N) is 1. The summed E-state index contributed by atoms with van der Waals surface area (Å²) in [6, 6.07) is 2.94. The lowest BCUT2D eigenvalue weighted by Gasteiger charge is -2.20. The molecule has 0 spiro atoms. The maximum atomic E-state index is 14.3. The van der Waals surface area contributed by atoms with E-state index in [0.717, 1.165) is 4.90 Å². The van der Waals surface area contributed by atoms with Crippen LogP contribution in [0.5, 0.6) is 0 Å². The average molecular weight is 431 g/mol. The molecule has 0 aromatic heterocycles. The number of carbonyl (C=O) groups excluding carboxylic acids is 2. The van der Waals surface area contributed by atoms with E-state index in [1.165, 1.54) is 6.07 Å². The van der Waals surface area contributed by atoms with Gasteiger partial charge in [0, 0.05) is 17.4 Å². The summed E-state index contributed by atoms with van der Waals surface area (Å²) in [5.41, 5.74) is -0.282. The molecule has 1 aromatic carbocycles. The lowest BCUT2D eigenvalue weighted by atomic mass is 9.86. The van der Waals surface area contributed by atoms with Gasteiger partial charge in [0.2, 0.25) is 11.8 Å². The van der Waals surface area contributed by atoms with Gasteiger partial charge in [0.1, 0.15) is 12.4 Å². The van der Waals surface area contributed by atoms with Crippen LogP contribution in [0.3, 0.4) is 0 Å². The first-order valence-corrected chi connectivity index (χ1v) is 9.24. The van der Waals surface area contributed by atoms with Crippen molar-refractivity contribution in [1.82, 2.24) is 5.32 Å². The van der Waals surface area contributed by atoms with E-state index in [-0.39, 0.29) is 31.1 Å². The lowest BCUT2D eigenvalue weighted by molar-refractivity contribution is -0.137. The number of aliphatic carboxylic acids is 1. The monoisotopic (exact) mass is 430 g/mol. The Bertz CT molecular complexity index is 707. The Balaban J connectivity index is 0.00000163. The van der Waals surface area contributed by atoms with Crippen LogP contribution < -0.4 is 10.2 Å². The number of anilines is 1. The number of carbonyl (C=O) groups is 3. The van der Waals surface area contributed by atoms with Gasteiger partial charge in [-0.25, -0.2) is 4.39 Å². The minimum atomic E-state index is -0.942. The molecule has 2 N–H and O–H groups in total. The van der Waals surface area contributed by atoms with Gasteiger partial charge in [0.05, 0.1) is 11.1 Å². The van der Waals surface area contributed by atoms with E-state index in [1.807, 2.05) is 13.8 Å². The first-order valence-electron chi connectivity index (χ1n) is 8.44. The fourth-order valence-corrected chi connectivity index (χ4v) is 3.12. The number of hydrogen-bond acceptors (Lipinski definition) is 3. The summed E-state index contributed by atoms with van der Waals surface area (Å²) in [7, 11) is 0. The summed E-state index contributed by atoms with van der Waals surface area (Å²) >= 11 is 3.21. The Hall–Kier alpha value is -1.96. The summed E-state index contributed by atoms with van der Waals surface area (Å²) in [4.78, 5) is 36.2. The van der Waals surface area contributed by atoms with Crippen molar-refractivity contribution in [2.75, 3.05) is 18.0 Å². The second-order valence-electron chi connectivity index (χ2n) is 6.15. The lowest BCUT2D eigenvalue weighted by Crippen LogP contribution is -2.43. The van der Waals surface area contributed by atoms with Crippen LogP contribution in [0, 0.1) is 5.82 Å². The molecule has 1 aromatic rings. The van der Waals surface area contributed by atoms with E-state index < -0.39 is 23.1 Å². The van der Waals surface area contributed by atoms with E-state index in [2.05, 4.69) is 21.2 Å². The first kappa shape index (κ1) is 22.1. The highest BCUT2D eigenvalue weighted by molar-refractivity contribution is 9.10. The molecule has 144 valence electrons. The molecule has 26 heavy (non-hydrogen) atoms. The molecular formula is C18H24BrFN2O4. The summed E-state index contributed by atoms with van der Waals surface area (Å²) < 4.78 is 14.9. The molecule has 8 heteroatoms. The van der Waals surface area contributed by atoms with Crippen molar-refractivity contribution < 1.29 is 23.9 Å². The number of amides is 2. The van der Waals surface area contributed by atoms with E-state index >= 15 is 0 Å². The van der Waals surface area contributed by atoms with Gasteiger partial charge in [0.25, 0.3) is 0 Å². The van der Waals surface area contributed by atoms with Gasteiger partial charge in [-0.2, -0.15) is 0 Å². The van der Waals surface area contributed by atoms with Crippen molar-refractivity contribution in [2.24, 2.45) is 0 Å². The minimum absolute atomic E-state index is 0.0541. The standard InChI is InChI=1S/C16H18BrFN2O4.C2H6/c1-16(2)10-6-9(17)7-11(18)14(10)20(15(16)24)8-12(21)19-5-3-4-13(22)23;1-2/h6-7H,3-5,8H2,1-2H3,(H,19,21)(H,22,23);1-2H3.